The minimum Gasteiger partial charge on any atom is -0.444 e. The maximum atomic E-state index is 13.7. The van der Waals surface area contributed by atoms with Crippen molar-refractivity contribution in [3.63, 3.8) is 0 Å². The molecule has 4 rings (SSSR count). The summed E-state index contributed by atoms with van der Waals surface area (Å²) in [7, 11) is 1.71. The summed E-state index contributed by atoms with van der Waals surface area (Å²) in [6, 6.07) is 16.3. The van der Waals surface area contributed by atoms with Gasteiger partial charge in [-0.2, -0.15) is 0 Å². The number of ether oxygens (including phenoxy) is 1. The second-order valence-corrected chi connectivity index (χ2v) is 11.4. The molecule has 0 radical (unpaired) electrons. The van der Waals surface area contributed by atoms with E-state index in [-0.39, 0.29) is 18.2 Å². The van der Waals surface area contributed by atoms with Crippen LogP contribution in [0.15, 0.2) is 59.6 Å². The molecule has 0 aromatic heterocycles. The van der Waals surface area contributed by atoms with Crippen LogP contribution < -0.4 is 15.5 Å². The van der Waals surface area contributed by atoms with Gasteiger partial charge in [-0.15, -0.1) is 0 Å². The van der Waals surface area contributed by atoms with Gasteiger partial charge in [0.2, 0.25) is 12.1 Å². The van der Waals surface area contributed by atoms with E-state index in [0.29, 0.717) is 0 Å². The summed E-state index contributed by atoms with van der Waals surface area (Å²) >= 11 is 0. The number of hydrogen-bond donors (Lipinski definition) is 2. The van der Waals surface area contributed by atoms with Crippen LogP contribution in [0.3, 0.4) is 0 Å². The predicted molar refractivity (Wildman–Crippen MR) is 153 cm³/mol. The summed E-state index contributed by atoms with van der Waals surface area (Å²) in [6.07, 6.45) is 5.07. The minimum absolute atomic E-state index is 0.215. The predicted octanol–water partition coefficient (Wildman–Crippen LogP) is 5.00. The molecular formula is C31H40N4O4. The molecule has 1 fully saturated rings. The molecule has 2 aromatic carbocycles. The first-order valence-electron chi connectivity index (χ1n) is 13.9. The molecule has 1 saturated carbocycles. The number of hydrogen-bond acceptors (Lipinski definition) is 5. The van der Waals surface area contributed by atoms with Crippen molar-refractivity contribution in [1.82, 2.24) is 10.6 Å². The maximum absolute atomic E-state index is 13.7. The van der Waals surface area contributed by atoms with Crippen molar-refractivity contribution in [3.8, 4) is 0 Å². The second-order valence-electron chi connectivity index (χ2n) is 11.4. The van der Waals surface area contributed by atoms with Gasteiger partial charge in [-0.25, -0.2) is 4.79 Å². The van der Waals surface area contributed by atoms with Crippen LogP contribution in [0, 0.1) is 5.92 Å². The molecule has 1 heterocycles. The van der Waals surface area contributed by atoms with Crippen molar-refractivity contribution in [2.24, 2.45) is 10.9 Å². The van der Waals surface area contributed by atoms with E-state index < -0.39 is 29.8 Å². The number of nitrogens with zero attached hydrogens (tertiary/aromatic N) is 2. The Morgan fingerprint density at radius 3 is 2.31 bits per heavy atom. The van der Waals surface area contributed by atoms with Gasteiger partial charge in [0.05, 0.1) is 11.4 Å². The molecule has 0 bridgehead atoms. The number of carbonyl (C=O) groups is 3. The van der Waals surface area contributed by atoms with Gasteiger partial charge in [0.1, 0.15) is 11.6 Å². The summed E-state index contributed by atoms with van der Waals surface area (Å²) in [4.78, 5) is 46.4. The zero-order chi connectivity index (χ0) is 28.0. The third-order valence-corrected chi connectivity index (χ3v) is 7.18. The Morgan fingerprint density at radius 1 is 1.00 bits per heavy atom. The van der Waals surface area contributed by atoms with Crippen LogP contribution in [0.25, 0.3) is 0 Å². The fourth-order valence-electron chi connectivity index (χ4n) is 5.27. The summed E-state index contributed by atoms with van der Waals surface area (Å²) in [5.41, 5.74) is 2.74. The summed E-state index contributed by atoms with van der Waals surface area (Å²) in [5, 5.41) is 5.57. The van der Waals surface area contributed by atoms with Crippen LogP contribution in [0.1, 0.15) is 70.4 Å². The second kappa shape index (κ2) is 12.5. The Kier molecular flexibility index (Phi) is 9.04. The average molecular weight is 533 g/mol. The summed E-state index contributed by atoms with van der Waals surface area (Å²) < 4.78 is 5.42. The molecule has 1 aliphatic heterocycles. The van der Waals surface area contributed by atoms with Crippen LogP contribution in [-0.2, 0) is 20.7 Å². The van der Waals surface area contributed by atoms with E-state index in [9.17, 15) is 14.4 Å². The van der Waals surface area contributed by atoms with Crippen LogP contribution in [0.5, 0.6) is 0 Å². The van der Waals surface area contributed by atoms with Crippen LogP contribution >= 0.6 is 0 Å². The van der Waals surface area contributed by atoms with Gasteiger partial charge in [-0.05, 0) is 45.2 Å². The lowest BCUT2D eigenvalue weighted by Crippen LogP contribution is -2.54. The largest absolute Gasteiger partial charge is 0.444 e. The fourth-order valence-corrected chi connectivity index (χ4v) is 5.27. The standard InChI is InChI=1S/C31H40N4O4/c1-31(2,3)39-30(38)32-24(20-21-14-8-7-9-15-21)28(36)34-27-29(37)35(4)25-19-13-12-18-23(25)26(33-27)22-16-10-5-6-11-17-22/h7-9,12-15,18-19,22,24,27H,5-6,10-11,16-17,20H2,1-4H3,(H,32,38)(H,34,36)/t24-,27+/m1/s1. The maximum Gasteiger partial charge on any atom is 0.408 e. The molecule has 208 valence electrons. The Bertz CT molecular complexity index is 1200. The molecule has 0 saturated heterocycles. The lowest BCUT2D eigenvalue weighted by Gasteiger charge is -2.25. The molecule has 1 aliphatic carbocycles. The molecule has 8 nitrogen and oxygen atoms in total. The van der Waals surface area contributed by atoms with Crippen molar-refractivity contribution in [1.29, 1.82) is 0 Å². The number of aliphatic imine (C=N–C) groups is 1. The molecular weight excluding hydrogens is 492 g/mol. The van der Waals surface area contributed by atoms with Crippen LogP contribution in [-0.4, -0.2) is 48.5 Å². The Labute approximate surface area is 231 Å². The van der Waals surface area contributed by atoms with E-state index in [4.69, 9.17) is 9.73 Å². The normalized spacial score (nSPS) is 19.2. The van der Waals surface area contributed by atoms with E-state index >= 15 is 0 Å². The van der Waals surface area contributed by atoms with E-state index in [1.807, 2.05) is 54.6 Å². The molecule has 3 amide bonds. The van der Waals surface area contributed by atoms with Gasteiger partial charge in [0, 0.05) is 24.9 Å². The number of alkyl carbamates (subject to hydrolysis) is 1. The number of para-hydroxylation sites is 1. The Hall–Kier alpha value is -3.68. The SMILES string of the molecule is CN1C(=O)[C@H](NC(=O)[C@@H](Cc2ccccc2)NC(=O)OC(C)(C)C)N=C(C2CCCCCC2)c2ccccc21. The van der Waals surface area contributed by atoms with E-state index in [1.54, 1.807) is 32.7 Å². The average Bonchev–Trinajstić information content (AvgIpc) is 3.23. The Morgan fingerprint density at radius 2 is 1.64 bits per heavy atom. The van der Waals surface area contributed by atoms with Gasteiger partial charge in [-0.3, -0.25) is 14.6 Å². The first kappa shape index (κ1) is 28.3. The highest BCUT2D eigenvalue weighted by molar-refractivity contribution is 6.14. The quantitative estimate of drug-likeness (QED) is 0.512. The van der Waals surface area contributed by atoms with E-state index in [2.05, 4.69) is 10.6 Å². The first-order valence-corrected chi connectivity index (χ1v) is 13.9. The number of likely N-dealkylation sites (N-methyl/N-ethyl adjacent to an activating group) is 1. The van der Waals surface area contributed by atoms with Gasteiger partial charge in [0.25, 0.3) is 5.91 Å². The topological polar surface area (TPSA) is 100 Å². The summed E-state index contributed by atoms with van der Waals surface area (Å²) in [5.74, 6) is -0.603. The zero-order valence-electron chi connectivity index (χ0n) is 23.4. The van der Waals surface area contributed by atoms with Crippen molar-refractivity contribution in [2.75, 3.05) is 11.9 Å². The third-order valence-electron chi connectivity index (χ3n) is 7.18. The van der Waals surface area contributed by atoms with Crippen molar-refractivity contribution in [2.45, 2.75) is 83.5 Å². The molecule has 2 atom stereocenters. The molecule has 2 aromatic rings. The fraction of sp³-hybridized carbons (Fsp3) is 0.484. The van der Waals surface area contributed by atoms with Crippen LogP contribution in [0.4, 0.5) is 10.5 Å². The lowest BCUT2D eigenvalue weighted by molar-refractivity contribution is -0.128. The highest BCUT2D eigenvalue weighted by Crippen LogP contribution is 2.32. The van der Waals surface area contributed by atoms with Crippen molar-refractivity contribution in [3.05, 3.63) is 65.7 Å². The third kappa shape index (κ3) is 7.46. The van der Waals surface area contributed by atoms with E-state index in [1.165, 1.54) is 12.8 Å². The minimum atomic E-state index is -1.10. The van der Waals surface area contributed by atoms with Gasteiger partial charge in [0.15, 0.2) is 0 Å². The lowest BCUT2D eigenvalue weighted by atomic mass is 9.89. The summed E-state index contributed by atoms with van der Waals surface area (Å²) in [6.45, 7) is 5.29. The number of fused-ring (bicyclic) bond motifs is 1. The monoisotopic (exact) mass is 532 g/mol. The zero-order valence-corrected chi connectivity index (χ0v) is 23.4. The number of carbonyl (C=O) groups excluding carboxylic acids is 3. The van der Waals surface area contributed by atoms with E-state index in [0.717, 1.165) is 48.2 Å². The van der Waals surface area contributed by atoms with Gasteiger partial charge < -0.3 is 20.3 Å². The molecule has 2 aliphatic rings. The van der Waals surface area contributed by atoms with Crippen molar-refractivity contribution >= 4 is 29.3 Å². The molecule has 0 spiro atoms. The number of nitrogens with one attached hydrogen (secondary N) is 2. The molecule has 0 unspecified atom stereocenters. The first-order chi connectivity index (χ1) is 18.6. The highest BCUT2D eigenvalue weighted by Gasteiger charge is 2.35. The van der Waals surface area contributed by atoms with Gasteiger partial charge in [-0.1, -0.05) is 74.2 Å². The molecule has 39 heavy (non-hydrogen) atoms. The number of benzodiazepines with no additional fused rings is 1. The Balaban J connectivity index is 1.63. The van der Waals surface area contributed by atoms with Crippen molar-refractivity contribution < 1.29 is 19.1 Å². The van der Waals surface area contributed by atoms with Crippen LogP contribution in [0.2, 0.25) is 0 Å². The van der Waals surface area contributed by atoms with Gasteiger partial charge >= 0.3 is 6.09 Å². The smallest absolute Gasteiger partial charge is 0.408 e. The molecule has 8 heteroatoms. The number of anilines is 1. The number of rotatable bonds is 6. The molecule has 2 N–H and O–H groups in total. The number of benzene rings is 2. The highest BCUT2D eigenvalue weighted by atomic mass is 16.6. The number of amides is 3.